The standard InChI is InChI=1S/C27H28N6O2/c1-17-10-21(14-29-13-17)27(34)32-22-7-5-6-19(11-22)18(2)31-26-16-30-15-24(33-26)20-8-9-23(28-3)25(12-20)35-4/h5-16,18,28H,1-4H3,(H,31,33)(H,32,34)/t18-/m0/s1. The Morgan fingerprint density at radius 3 is 2.60 bits per heavy atom. The molecule has 0 bridgehead atoms. The quantitative estimate of drug-likeness (QED) is 0.322. The molecule has 0 spiro atoms. The fourth-order valence-electron chi connectivity index (χ4n) is 3.70. The van der Waals surface area contributed by atoms with Gasteiger partial charge in [0.15, 0.2) is 0 Å². The molecular weight excluding hydrogens is 440 g/mol. The van der Waals surface area contributed by atoms with Crippen LogP contribution in [0.15, 0.2) is 73.3 Å². The summed E-state index contributed by atoms with van der Waals surface area (Å²) in [4.78, 5) is 25.8. The number of rotatable bonds is 8. The minimum Gasteiger partial charge on any atom is -0.495 e. The Morgan fingerprint density at radius 1 is 1.00 bits per heavy atom. The molecular formula is C27H28N6O2. The summed E-state index contributed by atoms with van der Waals surface area (Å²) in [6.45, 7) is 3.94. The highest BCUT2D eigenvalue weighted by Gasteiger charge is 2.12. The maximum atomic E-state index is 12.6. The molecule has 8 heteroatoms. The molecule has 0 unspecified atom stereocenters. The van der Waals surface area contributed by atoms with E-state index in [4.69, 9.17) is 9.72 Å². The Hall–Kier alpha value is -4.46. The lowest BCUT2D eigenvalue weighted by Gasteiger charge is -2.17. The summed E-state index contributed by atoms with van der Waals surface area (Å²) >= 11 is 0. The highest BCUT2D eigenvalue weighted by atomic mass is 16.5. The first-order valence-corrected chi connectivity index (χ1v) is 11.2. The van der Waals surface area contributed by atoms with Gasteiger partial charge in [0, 0.05) is 30.7 Å². The van der Waals surface area contributed by atoms with Crippen LogP contribution >= 0.6 is 0 Å². The molecule has 0 aliphatic rings. The summed E-state index contributed by atoms with van der Waals surface area (Å²) in [7, 11) is 3.49. The predicted molar refractivity (Wildman–Crippen MR) is 139 cm³/mol. The molecule has 178 valence electrons. The number of pyridine rings is 1. The molecule has 0 aliphatic heterocycles. The van der Waals surface area contributed by atoms with Crippen LogP contribution in [0.1, 0.15) is 34.5 Å². The van der Waals surface area contributed by atoms with E-state index in [2.05, 4.69) is 25.9 Å². The number of carbonyl (C=O) groups excluding carboxylic acids is 1. The van der Waals surface area contributed by atoms with Gasteiger partial charge >= 0.3 is 0 Å². The maximum Gasteiger partial charge on any atom is 0.257 e. The van der Waals surface area contributed by atoms with Crippen LogP contribution in [-0.4, -0.2) is 35.0 Å². The Morgan fingerprint density at radius 2 is 1.83 bits per heavy atom. The van der Waals surface area contributed by atoms with E-state index in [1.54, 1.807) is 31.9 Å². The van der Waals surface area contributed by atoms with Crippen LogP contribution in [0, 0.1) is 6.92 Å². The van der Waals surface area contributed by atoms with Crippen molar-refractivity contribution in [2.45, 2.75) is 19.9 Å². The monoisotopic (exact) mass is 468 g/mol. The van der Waals surface area contributed by atoms with Crippen molar-refractivity contribution in [2.24, 2.45) is 0 Å². The summed E-state index contributed by atoms with van der Waals surface area (Å²) < 4.78 is 5.46. The molecule has 0 fully saturated rings. The number of hydrogen-bond donors (Lipinski definition) is 3. The zero-order chi connectivity index (χ0) is 24.8. The lowest BCUT2D eigenvalue weighted by atomic mass is 10.1. The largest absolute Gasteiger partial charge is 0.495 e. The summed E-state index contributed by atoms with van der Waals surface area (Å²) in [6, 6.07) is 15.3. The van der Waals surface area contributed by atoms with E-state index in [1.165, 1.54) is 0 Å². The van der Waals surface area contributed by atoms with Crippen molar-refractivity contribution < 1.29 is 9.53 Å². The first kappa shape index (κ1) is 23.7. The van der Waals surface area contributed by atoms with Crippen LogP contribution in [-0.2, 0) is 0 Å². The number of ether oxygens (including phenoxy) is 1. The Bertz CT molecular complexity index is 1340. The molecule has 4 rings (SSSR count). The number of methoxy groups -OCH3 is 1. The molecule has 8 nitrogen and oxygen atoms in total. The SMILES string of the molecule is CNc1ccc(-c2cncc(N[C@@H](C)c3cccc(NC(=O)c4cncc(C)c4)c3)n2)cc1OC. The van der Waals surface area contributed by atoms with Crippen LogP contribution in [0.4, 0.5) is 17.2 Å². The van der Waals surface area contributed by atoms with E-state index in [9.17, 15) is 4.79 Å². The third-order valence-corrected chi connectivity index (χ3v) is 5.55. The second-order valence-electron chi connectivity index (χ2n) is 8.15. The smallest absolute Gasteiger partial charge is 0.257 e. The number of aryl methyl sites for hydroxylation is 1. The molecule has 1 atom stereocenters. The number of anilines is 3. The van der Waals surface area contributed by atoms with Crippen molar-refractivity contribution in [1.82, 2.24) is 15.0 Å². The minimum absolute atomic E-state index is 0.0711. The second kappa shape index (κ2) is 10.6. The second-order valence-corrected chi connectivity index (χ2v) is 8.15. The number of aromatic nitrogens is 3. The molecule has 0 saturated heterocycles. The van der Waals surface area contributed by atoms with Gasteiger partial charge in [-0.2, -0.15) is 0 Å². The topological polar surface area (TPSA) is 101 Å². The van der Waals surface area contributed by atoms with Crippen molar-refractivity contribution in [3.63, 3.8) is 0 Å². The highest BCUT2D eigenvalue weighted by Crippen LogP contribution is 2.30. The molecule has 0 aliphatic carbocycles. The van der Waals surface area contributed by atoms with E-state index < -0.39 is 0 Å². The maximum absolute atomic E-state index is 12.6. The fourth-order valence-corrected chi connectivity index (χ4v) is 3.70. The summed E-state index contributed by atoms with van der Waals surface area (Å²) in [5, 5.41) is 9.45. The molecule has 2 aromatic carbocycles. The zero-order valence-electron chi connectivity index (χ0n) is 20.2. The summed E-state index contributed by atoms with van der Waals surface area (Å²) in [6.07, 6.45) is 6.69. The normalized spacial score (nSPS) is 11.4. The van der Waals surface area contributed by atoms with Crippen LogP contribution in [0.3, 0.4) is 0 Å². The van der Waals surface area contributed by atoms with E-state index >= 15 is 0 Å². The Kier molecular flexibility index (Phi) is 7.21. The van der Waals surface area contributed by atoms with Crippen molar-refractivity contribution in [3.05, 3.63) is 90.0 Å². The third-order valence-electron chi connectivity index (χ3n) is 5.55. The van der Waals surface area contributed by atoms with Gasteiger partial charge in [0.2, 0.25) is 0 Å². The number of hydrogen-bond acceptors (Lipinski definition) is 7. The van der Waals surface area contributed by atoms with Crippen LogP contribution < -0.4 is 20.7 Å². The van der Waals surface area contributed by atoms with E-state index in [1.807, 2.05) is 69.4 Å². The van der Waals surface area contributed by atoms with E-state index in [0.717, 1.165) is 33.8 Å². The molecule has 4 aromatic rings. The molecule has 1 amide bonds. The van der Waals surface area contributed by atoms with Gasteiger partial charge in [0.05, 0.1) is 42.5 Å². The average Bonchev–Trinajstić information content (AvgIpc) is 2.88. The first-order valence-electron chi connectivity index (χ1n) is 11.2. The molecule has 2 heterocycles. The van der Waals surface area contributed by atoms with Gasteiger partial charge in [-0.1, -0.05) is 18.2 Å². The molecule has 0 radical (unpaired) electrons. The van der Waals surface area contributed by atoms with Gasteiger partial charge in [-0.3, -0.25) is 14.8 Å². The first-order chi connectivity index (χ1) is 17.0. The van der Waals surface area contributed by atoms with Crippen molar-refractivity contribution in [3.8, 4) is 17.0 Å². The lowest BCUT2D eigenvalue weighted by Crippen LogP contribution is -2.13. The van der Waals surface area contributed by atoms with Crippen LogP contribution in [0.25, 0.3) is 11.3 Å². The van der Waals surface area contributed by atoms with E-state index in [0.29, 0.717) is 17.1 Å². The lowest BCUT2D eigenvalue weighted by molar-refractivity contribution is 0.102. The van der Waals surface area contributed by atoms with Gasteiger partial charge < -0.3 is 20.7 Å². The van der Waals surface area contributed by atoms with Crippen molar-refractivity contribution in [1.29, 1.82) is 0 Å². The fraction of sp³-hybridized carbons (Fsp3) is 0.185. The Labute approximate surface area is 204 Å². The molecule has 35 heavy (non-hydrogen) atoms. The molecule has 3 N–H and O–H groups in total. The van der Waals surface area contributed by atoms with Gasteiger partial charge in [0.25, 0.3) is 5.91 Å². The van der Waals surface area contributed by atoms with Crippen molar-refractivity contribution >= 4 is 23.1 Å². The number of amides is 1. The van der Waals surface area contributed by atoms with Gasteiger partial charge in [-0.05, 0) is 55.3 Å². The minimum atomic E-state index is -0.197. The summed E-state index contributed by atoms with van der Waals surface area (Å²) in [5.74, 6) is 1.18. The Balaban J connectivity index is 1.49. The third kappa shape index (κ3) is 5.73. The molecule has 2 aromatic heterocycles. The number of nitrogens with one attached hydrogen (secondary N) is 3. The number of benzene rings is 2. The molecule has 0 saturated carbocycles. The number of nitrogens with zero attached hydrogens (tertiary/aromatic N) is 3. The van der Waals surface area contributed by atoms with Gasteiger partial charge in [-0.15, -0.1) is 0 Å². The summed E-state index contributed by atoms with van der Waals surface area (Å²) in [5.41, 5.74) is 5.70. The van der Waals surface area contributed by atoms with Crippen molar-refractivity contribution in [2.75, 3.05) is 30.1 Å². The van der Waals surface area contributed by atoms with Crippen LogP contribution in [0.5, 0.6) is 5.75 Å². The van der Waals surface area contributed by atoms with Gasteiger partial charge in [0.1, 0.15) is 11.6 Å². The number of carbonyl (C=O) groups is 1. The van der Waals surface area contributed by atoms with Crippen LogP contribution in [0.2, 0.25) is 0 Å². The van der Waals surface area contributed by atoms with E-state index in [-0.39, 0.29) is 11.9 Å². The zero-order valence-corrected chi connectivity index (χ0v) is 20.2. The van der Waals surface area contributed by atoms with Gasteiger partial charge in [-0.25, -0.2) is 4.98 Å². The average molecular weight is 469 g/mol. The predicted octanol–water partition coefficient (Wildman–Crippen LogP) is 5.32. The highest BCUT2D eigenvalue weighted by molar-refractivity contribution is 6.04.